The second-order valence-electron chi connectivity index (χ2n) is 3.36. The summed E-state index contributed by atoms with van der Waals surface area (Å²) in [5, 5.41) is 2.79. The molecule has 0 aromatic carbocycles. The van der Waals surface area contributed by atoms with Crippen LogP contribution in [-0.2, 0) is 9.53 Å². The lowest BCUT2D eigenvalue weighted by Crippen LogP contribution is -2.49. The minimum atomic E-state index is -0.0705. The highest BCUT2D eigenvalue weighted by molar-refractivity contribution is 5.81. The molecule has 1 aliphatic rings. The quantitative estimate of drug-likeness (QED) is 0.647. The van der Waals surface area contributed by atoms with Gasteiger partial charge in [-0.2, -0.15) is 0 Å². The topological polar surface area (TPSA) is 41.6 Å². The third kappa shape index (κ3) is 3.12. The van der Waals surface area contributed by atoms with Crippen LogP contribution in [0.5, 0.6) is 0 Å². The number of carbonyl (C=O) groups excluding carboxylic acids is 1. The summed E-state index contributed by atoms with van der Waals surface area (Å²) in [6, 6.07) is -0.0705. The summed E-state index contributed by atoms with van der Waals surface area (Å²) in [6.45, 7) is 9.13. The number of hydrogen-bond donors (Lipinski definition) is 1. The van der Waals surface area contributed by atoms with Gasteiger partial charge in [0.05, 0.1) is 19.3 Å². The molecule has 0 aromatic rings. The van der Waals surface area contributed by atoms with E-state index < -0.39 is 0 Å². The van der Waals surface area contributed by atoms with E-state index in [0.29, 0.717) is 6.54 Å². The zero-order valence-electron chi connectivity index (χ0n) is 8.66. The fourth-order valence-corrected chi connectivity index (χ4v) is 1.45. The summed E-state index contributed by atoms with van der Waals surface area (Å²) < 4.78 is 5.22. The van der Waals surface area contributed by atoms with Crippen molar-refractivity contribution < 1.29 is 9.53 Å². The second-order valence-corrected chi connectivity index (χ2v) is 3.36. The number of nitrogens with one attached hydrogen (secondary N) is 1. The van der Waals surface area contributed by atoms with Gasteiger partial charge in [0.15, 0.2) is 0 Å². The monoisotopic (exact) mass is 198 g/mol. The molecule has 1 saturated heterocycles. The van der Waals surface area contributed by atoms with Crippen LogP contribution in [0, 0.1) is 0 Å². The normalized spacial score (nSPS) is 20.1. The Hall–Kier alpha value is -0.870. The largest absolute Gasteiger partial charge is 0.379 e. The Kier molecular flexibility index (Phi) is 4.62. The van der Waals surface area contributed by atoms with Gasteiger partial charge in [-0.1, -0.05) is 6.08 Å². The molecule has 1 amide bonds. The lowest BCUT2D eigenvalue weighted by Gasteiger charge is -2.31. The van der Waals surface area contributed by atoms with Crippen molar-refractivity contribution in [3.05, 3.63) is 12.7 Å². The third-order valence-electron chi connectivity index (χ3n) is 2.39. The van der Waals surface area contributed by atoms with Gasteiger partial charge < -0.3 is 10.1 Å². The van der Waals surface area contributed by atoms with E-state index in [1.807, 2.05) is 6.92 Å². The maximum Gasteiger partial charge on any atom is 0.237 e. The lowest BCUT2D eigenvalue weighted by molar-refractivity contribution is -0.127. The zero-order valence-corrected chi connectivity index (χ0v) is 8.66. The van der Waals surface area contributed by atoms with Crippen molar-refractivity contribution in [1.82, 2.24) is 10.2 Å². The van der Waals surface area contributed by atoms with Gasteiger partial charge in [0.2, 0.25) is 5.91 Å². The molecule has 0 unspecified atom stereocenters. The molecule has 1 aliphatic heterocycles. The summed E-state index contributed by atoms with van der Waals surface area (Å²) in [4.78, 5) is 13.7. The molecule has 0 saturated carbocycles. The minimum absolute atomic E-state index is 0.0619. The standard InChI is InChI=1S/C10H18N2O2/c1-3-4-11-10(13)9(2)12-5-7-14-8-6-12/h3,9H,1,4-8H2,2H3,(H,11,13)/t9-/m1/s1. The van der Waals surface area contributed by atoms with Crippen LogP contribution in [-0.4, -0.2) is 49.7 Å². The lowest BCUT2D eigenvalue weighted by atomic mass is 10.2. The predicted octanol–water partition coefficient (Wildman–Crippen LogP) is 0.00930. The summed E-state index contributed by atoms with van der Waals surface area (Å²) in [6.07, 6.45) is 1.68. The van der Waals surface area contributed by atoms with E-state index in [-0.39, 0.29) is 11.9 Å². The number of hydrogen-bond acceptors (Lipinski definition) is 3. The maximum atomic E-state index is 11.6. The molecule has 1 rings (SSSR count). The van der Waals surface area contributed by atoms with E-state index >= 15 is 0 Å². The van der Waals surface area contributed by atoms with E-state index in [1.165, 1.54) is 0 Å². The second kappa shape index (κ2) is 5.78. The number of morpholine rings is 1. The van der Waals surface area contributed by atoms with Crippen LogP contribution < -0.4 is 5.32 Å². The van der Waals surface area contributed by atoms with E-state index in [1.54, 1.807) is 6.08 Å². The van der Waals surface area contributed by atoms with Crippen LogP contribution in [0.4, 0.5) is 0 Å². The number of amides is 1. The van der Waals surface area contributed by atoms with Crippen LogP contribution in [0.25, 0.3) is 0 Å². The van der Waals surface area contributed by atoms with Crippen molar-refractivity contribution in [3.8, 4) is 0 Å². The van der Waals surface area contributed by atoms with Gasteiger partial charge in [-0.3, -0.25) is 9.69 Å². The van der Waals surface area contributed by atoms with E-state index in [2.05, 4.69) is 16.8 Å². The average molecular weight is 198 g/mol. The summed E-state index contributed by atoms with van der Waals surface area (Å²) in [5.74, 6) is 0.0619. The molecule has 1 N–H and O–H groups in total. The van der Waals surface area contributed by atoms with Crippen molar-refractivity contribution in [2.45, 2.75) is 13.0 Å². The van der Waals surface area contributed by atoms with Gasteiger partial charge >= 0.3 is 0 Å². The molecule has 0 radical (unpaired) electrons. The van der Waals surface area contributed by atoms with Crippen molar-refractivity contribution in [3.63, 3.8) is 0 Å². The molecule has 4 nitrogen and oxygen atoms in total. The molecule has 1 atom stereocenters. The maximum absolute atomic E-state index is 11.6. The molecule has 0 aromatic heterocycles. The minimum Gasteiger partial charge on any atom is -0.379 e. The van der Waals surface area contributed by atoms with Crippen LogP contribution in [0.2, 0.25) is 0 Å². The molecule has 0 aliphatic carbocycles. The number of carbonyl (C=O) groups is 1. The van der Waals surface area contributed by atoms with Crippen LogP contribution in [0.3, 0.4) is 0 Å². The van der Waals surface area contributed by atoms with Gasteiger partial charge in [0.1, 0.15) is 0 Å². The Morgan fingerprint density at radius 1 is 1.64 bits per heavy atom. The van der Waals surface area contributed by atoms with Crippen molar-refractivity contribution in [2.24, 2.45) is 0 Å². The average Bonchev–Trinajstić information content (AvgIpc) is 2.26. The first-order valence-corrected chi connectivity index (χ1v) is 4.96. The van der Waals surface area contributed by atoms with Crippen LogP contribution in [0.15, 0.2) is 12.7 Å². The van der Waals surface area contributed by atoms with Gasteiger partial charge in [-0.25, -0.2) is 0 Å². The summed E-state index contributed by atoms with van der Waals surface area (Å²) >= 11 is 0. The fraction of sp³-hybridized carbons (Fsp3) is 0.700. The van der Waals surface area contributed by atoms with E-state index in [4.69, 9.17) is 4.74 Å². The molecule has 0 spiro atoms. The molecule has 14 heavy (non-hydrogen) atoms. The van der Waals surface area contributed by atoms with E-state index in [9.17, 15) is 4.79 Å². The van der Waals surface area contributed by atoms with Gasteiger partial charge in [0, 0.05) is 19.6 Å². The van der Waals surface area contributed by atoms with Gasteiger partial charge in [-0.05, 0) is 6.92 Å². The van der Waals surface area contributed by atoms with Crippen molar-refractivity contribution in [2.75, 3.05) is 32.8 Å². The number of rotatable bonds is 4. The molecular formula is C10H18N2O2. The predicted molar refractivity (Wildman–Crippen MR) is 55.1 cm³/mol. The van der Waals surface area contributed by atoms with Crippen molar-refractivity contribution >= 4 is 5.91 Å². The SMILES string of the molecule is C=CCNC(=O)[C@@H](C)N1CCOCC1. The molecule has 80 valence electrons. The van der Waals surface area contributed by atoms with Gasteiger partial charge in [-0.15, -0.1) is 6.58 Å². The van der Waals surface area contributed by atoms with Crippen LogP contribution >= 0.6 is 0 Å². The number of ether oxygens (including phenoxy) is 1. The Morgan fingerprint density at radius 3 is 2.86 bits per heavy atom. The third-order valence-corrected chi connectivity index (χ3v) is 2.39. The fourth-order valence-electron chi connectivity index (χ4n) is 1.45. The highest BCUT2D eigenvalue weighted by atomic mass is 16.5. The van der Waals surface area contributed by atoms with Gasteiger partial charge in [0.25, 0.3) is 0 Å². The summed E-state index contributed by atoms with van der Waals surface area (Å²) in [5.41, 5.74) is 0. The first-order chi connectivity index (χ1) is 6.75. The Bertz CT molecular complexity index is 200. The molecule has 1 heterocycles. The Morgan fingerprint density at radius 2 is 2.29 bits per heavy atom. The zero-order chi connectivity index (χ0) is 10.4. The van der Waals surface area contributed by atoms with E-state index in [0.717, 1.165) is 26.3 Å². The first-order valence-electron chi connectivity index (χ1n) is 4.96. The number of nitrogens with zero attached hydrogens (tertiary/aromatic N) is 1. The molecular weight excluding hydrogens is 180 g/mol. The van der Waals surface area contributed by atoms with Crippen LogP contribution in [0.1, 0.15) is 6.92 Å². The van der Waals surface area contributed by atoms with Crippen molar-refractivity contribution in [1.29, 1.82) is 0 Å². The summed E-state index contributed by atoms with van der Waals surface area (Å²) in [7, 11) is 0. The molecule has 1 fully saturated rings. The smallest absolute Gasteiger partial charge is 0.237 e. The molecule has 0 bridgehead atoms. The Labute approximate surface area is 84.9 Å². The molecule has 4 heteroatoms. The highest BCUT2D eigenvalue weighted by Gasteiger charge is 2.22. The Balaban J connectivity index is 2.33. The first kappa shape index (κ1) is 11.2. The highest BCUT2D eigenvalue weighted by Crippen LogP contribution is 2.03.